The first-order valence-electron chi connectivity index (χ1n) is 5.42. The zero-order chi connectivity index (χ0) is 8.23. The highest BCUT2D eigenvalue weighted by Crippen LogP contribution is 2.17. The normalized spacial score (nSPS) is 31.5. The Bertz CT molecular complexity index is 108. The summed E-state index contributed by atoms with van der Waals surface area (Å²) in [5.41, 5.74) is 0. The monoisotopic (exact) mass is 168 g/mol. The van der Waals surface area contributed by atoms with Crippen LogP contribution in [0, 0.1) is 0 Å². The van der Waals surface area contributed by atoms with E-state index in [0.717, 1.165) is 12.1 Å². The fourth-order valence-electron chi connectivity index (χ4n) is 2.37. The first kappa shape index (κ1) is 8.52. The highest BCUT2D eigenvalue weighted by molar-refractivity contribution is 4.80. The Hall–Kier alpha value is -0.0800. The van der Waals surface area contributed by atoms with Gasteiger partial charge in [-0.15, -0.1) is 0 Å². The standard InChI is InChI=1S/C10H20N2/c1-2-5-9(4-1)12-8-10-6-3-7-11-10/h9-12H,1-8H2/t10-/m0/s1. The van der Waals surface area contributed by atoms with E-state index in [-0.39, 0.29) is 0 Å². The molecular weight excluding hydrogens is 148 g/mol. The molecule has 2 heteroatoms. The van der Waals surface area contributed by atoms with Crippen LogP contribution in [0.25, 0.3) is 0 Å². The van der Waals surface area contributed by atoms with Crippen molar-refractivity contribution in [1.82, 2.24) is 10.6 Å². The molecule has 1 atom stereocenters. The molecule has 2 rings (SSSR count). The third-order valence-electron chi connectivity index (χ3n) is 3.17. The second-order valence-electron chi connectivity index (χ2n) is 4.18. The average molecular weight is 168 g/mol. The molecule has 2 aliphatic rings. The van der Waals surface area contributed by atoms with E-state index in [0.29, 0.717) is 0 Å². The molecule has 0 spiro atoms. The Morgan fingerprint density at radius 3 is 2.58 bits per heavy atom. The Kier molecular flexibility index (Phi) is 3.01. The summed E-state index contributed by atoms with van der Waals surface area (Å²) in [4.78, 5) is 0. The predicted octanol–water partition coefficient (Wildman–Crippen LogP) is 1.27. The van der Waals surface area contributed by atoms with Crippen LogP contribution in [0.2, 0.25) is 0 Å². The van der Waals surface area contributed by atoms with Gasteiger partial charge in [-0.1, -0.05) is 12.8 Å². The summed E-state index contributed by atoms with van der Waals surface area (Å²) in [6.07, 6.45) is 8.45. The molecule has 2 nitrogen and oxygen atoms in total. The summed E-state index contributed by atoms with van der Waals surface area (Å²) >= 11 is 0. The van der Waals surface area contributed by atoms with E-state index in [4.69, 9.17) is 0 Å². The van der Waals surface area contributed by atoms with Crippen LogP contribution in [0.5, 0.6) is 0 Å². The molecule has 2 fully saturated rings. The highest BCUT2D eigenvalue weighted by atomic mass is 15.0. The van der Waals surface area contributed by atoms with Crippen LogP contribution in [0.3, 0.4) is 0 Å². The quantitative estimate of drug-likeness (QED) is 0.663. The zero-order valence-electron chi connectivity index (χ0n) is 7.81. The summed E-state index contributed by atoms with van der Waals surface area (Å²) < 4.78 is 0. The second-order valence-corrected chi connectivity index (χ2v) is 4.18. The molecule has 0 aromatic carbocycles. The van der Waals surface area contributed by atoms with Gasteiger partial charge in [0.15, 0.2) is 0 Å². The van der Waals surface area contributed by atoms with Gasteiger partial charge in [0.05, 0.1) is 0 Å². The molecular formula is C10H20N2. The van der Waals surface area contributed by atoms with Crippen LogP contribution in [-0.4, -0.2) is 25.2 Å². The molecule has 70 valence electrons. The molecule has 0 unspecified atom stereocenters. The van der Waals surface area contributed by atoms with Crippen LogP contribution in [0.1, 0.15) is 38.5 Å². The Balaban J connectivity index is 1.60. The van der Waals surface area contributed by atoms with Gasteiger partial charge in [0.1, 0.15) is 0 Å². The van der Waals surface area contributed by atoms with E-state index in [1.807, 2.05) is 0 Å². The number of hydrogen-bond donors (Lipinski definition) is 2. The van der Waals surface area contributed by atoms with Gasteiger partial charge in [-0.2, -0.15) is 0 Å². The molecule has 2 N–H and O–H groups in total. The molecule has 0 bridgehead atoms. The maximum absolute atomic E-state index is 3.66. The van der Waals surface area contributed by atoms with Gasteiger partial charge in [0, 0.05) is 18.6 Å². The number of hydrogen-bond acceptors (Lipinski definition) is 2. The van der Waals surface area contributed by atoms with Crippen LogP contribution in [0.15, 0.2) is 0 Å². The average Bonchev–Trinajstić information content (AvgIpc) is 2.74. The topological polar surface area (TPSA) is 24.1 Å². The lowest BCUT2D eigenvalue weighted by Crippen LogP contribution is -2.38. The van der Waals surface area contributed by atoms with Crippen LogP contribution >= 0.6 is 0 Å². The molecule has 1 heterocycles. The van der Waals surface area contributed by atoms with Crippen LogP contribution in [-0.2, 0) is 0 Å². The minimum absolute atomic E-state index is 0.769. The second kappa shape index (κ2) is 4.24. The fourth-order valence-corrected chi connectivity index (χ4v) is 2.37. The van der Waals surface area contributed by atoms with E-state index >= 15 is 0 Å². The third kappa shape index (κ3) is 2.20. The Morgan fingerprint density at radius 1 is 1.08 bits per heavy atom. The van der Waals surface area contributed by atoms with Crippen molar-refractivity contribution in [2.45, 2.75) is 50.6 Å². The minimum atomic E-state index is 0.769. The maximum Gasteiger partial charge on any atom is 0.0193 e. The zero-order valence-corrected chi connectivity index (χ0v) is 7.81. The van der Waals surface area contributed by atoms with Crippen molar-refractivity contribution in [2.75, 3.05) is 13.1 Å². The minimum Gasteiger partial charge on any atom is -0.313 e. The van der Waals surface area contributed by atoms with Gasteiger partial charge < -0.3 is 10.6 Å². The first-order valence-corrected chi connectivity index (χ1v) is 5.42. The lowest BCUT2D eigenvalue weighted by Gasteiger charge is -2.15. The summed E-state index contributed by atoms with van der Waals surface area (Å²) in [5.74, 6) is 0. The summed E-state index contributed by atoms with van der Waals surface area (Å²) in [6.45, 7) is 2.43. The fraction of sp³-hybridized carbons (Fsp3) is 1.00. The summed E-state index contributed by atoms with van der Waals surface area (Å²) in [6, 6.07) is 1.61. The van der Waals surface area contributed by atoms with Gasteiger partial charge in [0.25, 0.3) is 0 Å². The van der Waals surface area contributed by atoms with E-state index in [1.54, 1.807) is 0 Å². The molecule has 1 aliphatic carbocycles. The van der Waals surface area contributed by atoms with E-state index < -0.39 is 0 Å². The molecule has 1 aliphatic heterocycles. The van der Waals surface area contributed by atoms with Crippen molar-refractivity contribution >= 4 is 0 Å². The Labute approximate surface area is 75.1 Å². The van der Waals surface area contributed by atoms with Crippen LogP contribution in [0.4, 0.5) is 0 Å². The van der Waals surface area contributed by atoms with Gasteiger partial charge >= 0.3 is 0 Å². The van der Waals surface area contributed by atoms with Gasteiger partial charge in [-0.25, -0.2) is 0 Å². The third-order valence-corrected chi connectivity index (χ3v) is 3.17. The molecule has 0 aromatic heterocycles. The van der Waals surface area contributed by atoms with Gasteiger partial charge in [0.2, 0.25) is 0 Å². The largest absolute Gasteiger partial charge is 0.313 e. The SMILES string of the molecule is C1CCC(NC[C@@H]2CCCN2)C1. The van der Waals surface area contributed by atoms with Crippen molar-refractivity contribution in [3.05, 3.63) is 0 Å². The summed E-state index contributed by atoms with van der Waals surface area (Å²) in [7, 11) is 0. The van der Waals surface area contributed by atoms with Crippen molar-refractivity contribution in [2.24, 2.45) is 0 Å². The molecule has 0 aromatic rings. The number of nitrogens with one attached hydrogen (secondary N) is 2. The highest BCUT2D eigenvalue weighted by Gasteiger charge is 2.18. The summed E-state index contributed by atoms with van der Waals surface area (Å²) in [5, 5.41) is 7.18. The first-order chi connectivity index (χ1) is 5.95. The van der Waals surface area contributed by atoms with Gasteiger partial charge in [-0.3, -0.25) is 0 Å². The van der Waals surface area contributed by atoms with Crippen molar-refractivity contribution < 1.29 is 0 Å². The van der Waals surface area contributed by atoms with Gasteiger partial charge in [-0.05, 0) is 32.2 Å². The number of rotatable bonds is 3. The molecule has 1 saturated heterocycles. The molecule has 0 radical (unpaired) electrons. The molecule has 0 amide bonds. The smallest absolute Gasteiger partial charge is 0.0193 e. The van der Waals surface area contributed by atoms with Crippen LogP contribution < -0.4 is 10.6 Å². The van der Waals surface area contributed by atoms with Crippen molar-refractivity contribution in [3.63, 3.8) is 0 Å². The van der Waals surface area contributed by atoms with E-state index in [2.05, 4.69) is 10.6 Å². The van der Waals surface area contributed by atoms with Crippen molar-refractivity contribution in [3.8, 4) is 0 Å². The Morgan fingerprint density at radius 2 is 1.92 bits per heavy atom. The predicted molar refractivity (Wildman–Crippen MR) is 51.3 cm³/mol. The molecule has 1 saturated carbocycles. The maximum atomic E-state index is 3.66. The lowest BCUT2D eigenvalue weighted by atomic mass is 10.2. The van der Waals surface area contributed by atoms with E-state index in [1.165, 1.54) is 51.6 Å². The molecule has 12 heavy (non-hydrogen) atoms. The lowest BCUT2D eigenvalue weighted by molar-refractivity contribution is 0.465. The van der Waals surface area contributed by atoms with Crippen molar-refractivity contribution in [1.29, 1.82) is 0 Å². The van der Waals surface area contributed by atoms with E-state index in [9.17, 15) is 0 Å².